The molecule has 2 aromatic rings. The van der Waals surface area contributed by atoms with E-state index in [-0.39, 0.29) is 23.3 Å². The van der Waals surface area contributed by atoms with Gasteiger partial charge in [-0.15, -0.1) is 0 Å². The molecular weight excluding hydrogens is 335 g/mol. The summed E-state index contributed by atoms with van der Waals surface area (Å²) < 4.78 is 45.0. The van der Waals surface area contributed by atoms with Crippen molar-refractivity contribution in [2.75, 3.05) is 23.8 Å². The summed E-state index contributed by atoms with van der Waals surface area (Å²) >= 11 is 0. The molecular formula is C17H16F3N3O2. The summed E-state index contributed by atoms with van der Waals surface area (Å²) in [5, 5.41) is 5.32. The molecule has 0 saturated carbocycles. The minimum atomic E-state index is -1.55. The van der Waals surface area contributed by atoms with Crippen LogP contribution in [0.4, 0.5) is 30.4 Å². The maximum atomic E-state index is 13.6. The smallest absolute Gasteiger partial charge is 0.227 e. The summed E-state index contributed by atoms with van der Waals surface area (Å²) in [5.41, 5.74) is 0.262. The summed E-state index contributed by atoms with van der Waals surface area (Å²) in [5.74, 6) is -4.10. The summed E-state index contributed by atoms with van der Waals surface area (Å²) in [6, 6.07) is 4.99. The van der Waals surface area contributed by atoms with Crippen molar-refractivity contribution in [2.24, 2.45) is 5.92 Å². The molecule has 3 rings (SSSR count). The molecule has 2 heterocycles. The van der Waals surface area contributed by atoms with Crippen LogP contribution >= 0.6 is 0 Å². The first kappa shape index (κ1) is 17.2. The highest BCUT2D eigenvalue weighted by Crippen LogP contribution is 2.23. The Morgan fingerprint density at radius 3 is 2.52 bits per heavy atom. The molecule has 1 aromatic heterocycles. The monoisotopic (exact) mass is 351 g/mol. The summed E-state index contributed by atoms with van der Waals surface area (Å²) in [7, 11) is 0. The van der Waals surface area contributed by atoms with Crippen molar-refractivity contribution in [3.05, 3.63) is 47.9 Å². The van der Waals surface area contributed by atoms with E-state index in [0.29, 0.717) is 31.7 Å². The number of ether oxygens (including phenoxy) is 1. The SMILES string of the molecule is O=C(Nc1ccc(Nc2ccc(F)c(F)c2F)nc1)C1CCOCC1. The number of benzene rings is 1. The second-order valence-corrected chi connectivity index (χ2v) is 5.66. The molecule has 1 saturated heterocycles. The average molecular weight is 351 g/mol. The molecule has 1 aliphatic heterocycles. The van der Waals surface area contributed by atoms with Gasteiger partial charge in [-0.05, 0) is 37.1 Å². The van der Waals surface area contributed by atoms with Gasteiger partial charge in [-0.3, -0.25) is 4.79 Å². The Balaban J connectivity index is 1.64. The second-order valence-electron chi connectivity index (χ2n) is 5.66. The molecule has 0 spiro atoms. The number of nitrogens with zero attached hydrogens (tertiary/aromatic N) is 1. The van der Waals surface area contributed by atoms with Crippen LogP contribution in [0.25, 0.3) is 0 Å². The highest BCUT2D eigenvalue weighted by atomic mass is 19.2. The number of hydrogen-bond donors (Lipinski definition) is 2. The summed E-state index contributed by atoms with van der Waals surface area (Å²) in [6.45, 7) is 1.14. The maximum absolute atomic E-state index is 13.6. The van der Waals surface area contributed by atoms with E-state index < -0.39 is 17.5 Å². The van der Waals surface area contributed by atoms with E-state index in [0.717, 1.165) is 12.1 Å². The molecule has 25 heavy (non-hydrogen) atoms. The number of rotatable bonds is 4. The van der Waals surface area contributed by atoms with E-state index in [2.05, 4.69) is 15.6 Å². The predicted molar refractivity (Wildman–Crippen MR) is 86.0 cm³/mol. The predicted octanol–water partition coefficient (Wildman–Crippen LogP) is 3.61. The third-order valence-corrected chi connectivity index (χ3v) is 3.92. The Bertz CT molecular complexity index is 762. The number of pyridine rings is 1. The normalized spacial score (nSPS) is 15.0. The first-order valence-corrected chi connectivity index (χ1v) is 7.80. The van der Waals surface area contributed by atoms with Crippen LogP contribution in [0.5, 0.6) is 0 Å². The topological polar surface area (TPSA) is 63.2 Å². The minimum absolute atomic E-state index is 0.0946. The number of anilines is 3. The molecule has 0 aliphatic carbocycles. The molecule has 1 amide bonds. The number of aromatic nitrogens is 1. The molecule has 132 valence electrons. The van der Waals surface area contributed by atoms with E-state index in [1.54, 1.807) is 6.07 Å². The van der Waals surface area contributed by atoms with Gasteiger partial charge in [0.1, 0.15) is 5.82 Å². The fourth-order valence-electron chi connectivity index (χ4n) is 2.51. The van der Waals surface area contributed by atoms with Crippen molar-refractivity contribution in [1.82, 2.24) is 4.98 Å². The van der Waals surface area contributed by atoms with Crippen LogP contribution < -0.4 is 10.6 Å². The molecule has 0 bridgehead atoms. The molecule has 5 nitrogen and oxygen atoms in total. The van der Waals surface area contributed by atoms with Crippen LogP contribution in [0.3, 0.4) is 0 Å². The number of carbonyl (C=O) groups excluding carboxylic acids is 1. The van der Waals surface area contributed by atoms with Crippen LogP contribution in [0, 0.1) is 23.4 Å². The van der Waals surface area contributed by atoms with Crippen LogP contribution in [-0.2, 0) is 9.53 Å². The van der Waals surface area contributed by atoms with Crippen molar-refractivity contribution < 1.29 is 22.7 Å². The third-order valence-electron chi connectivity index (χ3n) is 3.92. The lowest BCUT2D eigenvalue weighted by molar-refractivity contribution is -0.122. The maximum Gasteiger partial charge on any atom is 0.227 e. The number of hydrogen-bond acceptors (Lipinski definition) is 4. The lowest BCUT2D eigenvalue weighted by Crippen LogP contribution is -2.28. The molecule has 1 aliphatic rings. The van der Waals surface area contributed by atoms with Crippen LogP contribution in [-0.4, -0.2) is 24.1 Å². The van der Waals surface area contributed by atoms with E-state index in [4.69, 9.17) is 4.74 Å². The number of halogens is 3. The fraction of sp³-hybridized carbons (Fsp3) is 0.294. The molecule has 8 heteroatoms. The quantitative estimate of drug-likeness (QED) is 0.826. The number of carbonyl (C=O) groups is 1. The average Bonchev–Trinajstić information content (AvgIpc) is 2.64. The van der Waals surface area contributed by atoms with Crippen molar-refractivity contribution in [3.63, 3.8) is 0 Å². The Kier molecular flexibility index (Phi) is 5.18. The third kappa shape index (κ3) is 4.08. The first-order valence-electron chi connectivity index (χ1n) is 7.80. The van der Waals surface area contributed by atoms with Gasteiger partial charge in [0.2, 0.25) is 5.91 Å². The van der Waals surface area contributed by atoms with Crippen LogP contribution in [0.2, 0.25) is 0 Å². The van der Waals surface area contributed by atoms with Gasteiger partial charge in [0.15, 0.2) is 17.5 Å². The minimum Gasteiger partial charge on any atom is -0.381 e. The number of amides is 1. The molecule has 0 atom stereocenters. The first-order chi connectivity index (χ1) is 12.0. The van der Waals surface area contributed by atoms with Gasteiger partial charge < -0.3 is 15.4 Å². The molecule has 0 unspecified atom stereocenters. The zero-order valence-electron chi connectivity index (χ0n) is 13.2. The molecule has 0 radical (unpaired) electrons. The zero-order chi connectivity index (χ0) is 17.8. The van der Waals surface area contributed by atoms with Gasteiger partial charge in [-0.25, -0.2) is 18.2 Å². The Hall–Kier alpha value is -2.61. The van der Waals surface area contributed by atoms with E-state index in [1.165, 1.54) is 12.3 Å². The molecule has 1 aromatic carbocycles. The largest absolute Gasteiger partial charge is 0.381 e. The lowest BCUT2D eigenvalue weighted by atomic mass is 9.99. The van der Waals surface area contributed by atoms with Gasteiger partial charge in [0.25, 0.3) is 0 Å². The van der Waals surface area contributed by atoms with Crippen LogP contribution in [0.1, 0.15) is 12.8 Å². The van der Waals surface area contributed by atoms with Crippen LogP contribution in [0.15, 0.2) is 30.5 Å². The van der Waals surface area contributed by atoms with Gasteiger partial charge >= 0.3 is 0 Å². The Labute approximate surface area is 142 Å². The standard InChI is InChI=1S/C17H16F3N3O2/c18-12-2-3-13(16(20)15(12)19)23-14-4-1-11(9-21-14)22-17(24)10-5-7-25-8-6-10/h1-4,9-10H,5-8H2,(H,21,23)(H,22,24). The van der Waals surface area contributed by atoms with Crippen molar-refractivity contribution in [3.8, 4) is 0 Å². The molecule has 1 fully saturated rings. The Morgan fingerprint density at radius 1 is 1.08 bits per heavy atom. The highest BCUT2D eigenvalue weighted by molar-refractivity contribution is 5.92. The summed E-state index contributed by atoms with van der Waals surface area (Å²) in [4.78, 5) is 16.2. The van der Waals surface area contributed by atoms with E-state index in [1.807, 2.05) is 0 Å². The Morgan fingerprint density at radius 2 is 1.84 bits per heavy atom. The second kappa shape index (κ2) is 7.52. The lowest BCUT2D eigenvalue weighted by Gasteiger charge is -2.21. The van der Waals surface area contributed by atoms with Gasteiger partial charge in [0, 0.05) is 19.1 Å². The van der Waals surface area contributed by atoms with E-state index >= 15 is 0 Å². The van der Waals surface area contributed by atoms with Gasteiger partial charge in [0.05, 0.1) is 17.6 Å². The highest BCUT2D eigenvalue weighted by Gasteiger charge is 2.21. The molecule has 2 N–H and O–H groups in total. The van der Waals surface area contributed by atoms with Crippen molar-refractivity contribution in [2.45, 2.75) is 12.8 Å². The van der Waals surface area contributed by atoms with Gasteiger partial charge in [-0.2, -0.15) is 0 Å². The zero-order valence-corrected chi connectivity index (χ0v) is 13.2. The summed E-state index contributed by atoms with van der Waals surface area (Å²) in [6.07, 6.45) is 2.75. The van der Waals surface area contributed by atoms with Crippen molar-refractivity contribution in [1.29, 1.82) is 0 Å². The number of nitrogens with one attached hydrogen (secondary N) is 2. The fourth-order valence-corrected chi connectivity index (χ4v) is 2.51. The van der Waals surface area contributed by atoms with Gasteiger partial charge in [-0.1, -0.05) is 0 Å². The van der Waals surface area contributed by atoms with E-state index in [9.17, 15) is 18.0 Å². The van der Waals surface area contributed by atoms with Crippen molar-refractivity contribution >= 4 is 23.1 Å².